The summed E-state index contributed by atoms with van der Waals surface area (Å²) in [6.07, 6.45) is 1.25. The first-order valence-electron chi connectivity index (χ1n) is 5.35. The Kier molecular flexibility index (Phi) is 3.65. The summed E-state index contributed by atoms with van der Waals surface area (Å²) in [6.45, 7) is 2.14. The quantitative estimate of drug-likeness (QED) is 0.848. The molecule has 0 amide bonds. The molecule has 0 saturated carbocycles. The number of hydrogen-bond donors (Lipinski definition) is 1. The summed E-state index contributed by atoms with van der Waals surface area (Å²) in [5.41, 5.74) is 1.16. The van der Waals surface area contributed by atoms with Crippen LogP contribution in [-0.2, 0) is 0 Å². The van der Waals surface area contributed by atoms with Gasteiger partial charge in [0.2, 0.25) is 0 Å². The van der Waals surface area contributed by atoms with Gasteiger partial charge < -0.3 is 5.32 Å². The van der Waals surface area contributed by atoms with Gasteiger partial charge in [0, 0.05) is 17.8 Å². The van der Waals surface area contributed by atoms with E-state index < -0.39 is 0 Å². The molecule has 2 atom stereocenters. The maximum Gasteiger partial charge on any atom is 0.123 e. The van der Waals surface area contributed by atoms with Crippen molar-refractivity contribution in [3.8, 4) is 0 Å². The largest absolute Gasteiger partial charge is 0.307 e. The fraction of sp³-hybridized carbons (Fsp3) is 0.500. The van der Waals surface area contributed by atoms with Crippen molar-refractivity contribution in [3.05, 3.63) is 35.6 Å². The van der Waals surface area contributed by atoms with E-state index in [4.69, 9.17) is 0 Å². The van der Waals surface area contributed by atoms with E-state index in [0.717, 1.165) is 5.56 Å². The van der Waals surface area contributed by atoms with E-state index in [0.29, 0.717) is 12.1 Å². The highest BCUT2D eigenvalue weighted by Crippen LogP contribution is 2.21. The van der Waals surface area contributed by atoms with Crippen molar-refractivity contribution < 1.29 is 4.39 Å². The van der Waals surface area contributed by atoms with Crippen LogP contribution in [0.3, 0.4) is 0 Å². The standard InChI is InChI=1S/C12H16FNS/c1-9(14-12-6-7-15-8-12)10-2-4-11(13)5-3-10/h2-5,9,12,14H,6-8H2,1H3/t9-,12?/m1/s1. The lowest BCUT2D eigenvalue weighted by atomic mass is 10.1. The van der Waals surface area contributed by atoms with Crippen LogP contribution in [0, 0.1) is 5.82 Å². The second-order valence-electron chi connectivity index (χ2n) is 4.00. The molecular weight excluding hydrogens is 209 g/mol. The van der Waals surface area contributed by atoms with Gasteiger partial charge in [0.05, 0.1) is 0 Å². The van der Waals surface area contributed by atoms with Crippen LogP contribution in [0.4, 0.5) is 4.39 Å². The summed E-state index contributed by atoms with van der Waals surface area (Å²) in [5, 5.41) is 3.57. The molecule has 1 unspecified atom stereocenters. The molecule has 0 radical (unpaired) electrons. The van der Waals surface area contributed by atoms with Gasteiger partial charge in [-0.1, -0.05) is 12.1 Å². The molecule has 82 valence electrons. The van der Waals surface area contributed by atoms with Gasteiger partial charge in [-0.2, -0.15) is 11.8 Å². The maximum absolute atomic E-state index is 12.7. The fourth-order valence-electron chi connectivity index (χ4n) is 1.87. The third-order valence-electron chi connectivity index (χ3n) is 2.79. The number of halogens is 1. The first-order valence-corrected chi connectivity index (χ1v) is 6.50. The van der Waals surface area contributed by atoms with Crippen LogP contribution in [0.5, 0.6) is 0 Å². The molecule has 0 spiro atoms. The van der Waals surface area contributed by atoms with Crippen LogP contribution >= 0.6 is 11.8 Å². The molecule has 1 aliphatic heterocycles. The van der Waals surface area contributed by atoms with Crippen LogP contribution in [0.15, 0.2) is 24.3 Å². The van der Waals surface area contributed by atoms with E-state index in [1.165, 1.54) is 30.1 Å². The average molecular weight is 225 g/mol. The molecule has 0 bridgehead atoms. The molecule has 1 heterocycles. The Morgan fingerprint density at radius 2 is 2.13 bits per heavy atom. The Morgan fingerprint density at radius 1 is 1.40 bits per heavy atom. The van der Waals surface area contributed by atoms with Crippen LogP contribution in [-0.4, -0.2) is 17.5 Å². The lowest BCUT2D eigenvalue weighted by Crippen LogP contribution is -2.31. The molecule has 15 heavy (non-hydrogen) atoms. The zero-order valence-corrected chi connectivity index (χ0v) is 9.69. The van der Waals surface area contributed by atoms with E-state index in [1.54, 1.807) is 0 Å². The molecule has 3 heteroatoms. The van der Waals surface area contributed by atoms with Crippen LogP contribution in [0.2, 0.25) is 0 Å². The van der Waals surface area contributed by atoms with Gasteiger partial charge >= 0.3 is 0 Å². The molecule has 0 aromatic heterocycles. The lowest BCUT2D eigenvalue weighted by Gasteiger charge is -2.19. The number of nitrogens with one attached hydrogen (secondary N) is 1. The first kappa shape index (κ1) is 11.0. The minimum Gasteiger partial charge on any atom is -0.307 e. The highest BCUT2D eigenvalue weighted by molar-refractivity contribution is 7.99. The molecule has 1 saturated heterocycles. The molecule has 1 aliphatic rings. The van der Waals surface area contributed by atoms with Crippen LogP contribution in [0.25, 0.3) is 0 Å². The van der Waals surface area contributed by atoms with Crippen molar-refractivity contribution in [3.63, 3.8) is 0 Å². The SMILES string of the molecule is C[C@@H](NC1CCSC1)c1ccc(F)cc1. The predicted molar refractivity (Wildman–Crippen MR) is 63.7 cm³/mol. The number of benzene rings is 1. The average Bonchev–Trinajstić information content (AvgIpc) is 2.71. The van der Waals surface area contributed by atoms with Crippen molar-refractivity contribution in [1.29, 1.82) is 0 Å². The lowest BCUT2D eigenvalue weighted by molar-refractivity contribution is 0.485. The minimum absolute atomic E-state index is 0.164. The monoisotopic (exact) mass is 225 g/mol. The molecule has 2 rings (SSSR count). The summed E-state index contributed by atoms with van der Waals surface area (Å²) < 4.78 is 12.7. The third kappa shape index (κ3) is 2.95. The molecule has 1 N–H and O–H groups in total. The highest BCUT2D eigenvalue weighted by atomic mass is 32.2. The predicted octanol–water partition coefficient (Wildman–Crippen LogP) is 2.98. The van der Waals surface area contributed by atoms with Crippen molar-refractivity contribution in [2.24, 2.45) is 0 Å². The number of thioether (sulfide) groups is 1. The Bertz CT molecular complexity index is 306. The Hall–Kier alpha value is -0.540. The highest BCUT2D eigenvalue weighted by Gasteiger charge is 2.17. The van der Waals surface area contributed by atoms with Gasteiger partial charge in [-0.25, -0.2) is 4.39 Å². The van der Waals surface area contributed by atoms with Gasteiger partial charge in [-0.3, -0.25) is 0 Å². The molecule has 0 aliphatic carbocycles. The maximum atomic E-state index is 12.7. The van der Waals surface area contributed by atoms with E-state index in [9.17, 15) is 4.39 Å². The van der Waals surface area contributed by atoms with Gasteiger partial charge in [0.1, 0.15) is 5.82 Å². The van der Waals surface area contributed by atoms with E-state index in [1.807, 2.05) is 23.9 Å². The number of rotatable bonds is 3. The zero-order valence-electron chi connectivity index (χ0n) is 8.87. The zero-order chi connectivity index (χ0) is 10.7. The Balaban J connectivity index is 1.94. The smallest absolute Gasteiger partial charge is 0.123 e. The molecular formula is C12H16FNS. The van der Waals surface area contributed by atoms with Crippen molar-refractivity contribution in [1.82, 2.24) is 5.32 Å². The van der Waals surface area contributed by atoms with Gasteiger partial charge in [-0.05, 0) is 36.8 Å². The summed E-state index contributed by atoms with van der Waals surface area (Å²) in [4.78, 5) is 0. The van der Waals surface area contributed by atoms with Gasteiger partial charge in [-0.15, -0.1) is 0 Å². The van der Waals surface area contributed by atoms with E-state index in [2.05, 4.69) is 12.2 Å². The summed E-state index contributed by atoms with van der Waals surface area (Å²) in [6, 6.07) is 7.70. The van der Waals surface area contributed by atoms with E-state index >= 15 is 0 Å². The van der Waals surface area contributed by atoms with Crippen LogP contribution < -0.4 is 5.32 Å². The molecule has 1 aromatic carbocycles. The van der Waals surface area contributed by atoms with Crippen molar-refractivity contribution >= 4 is 11.8 Å². The fourth-order valence-corrected chi connectivity index (χ4v) is 3.03. The molecule has 1 fully saturated rings. The Morgan fingerprint density at radius 3 is 2.73 bits per heavy atom. The molecule has 1 nitrogen and oxygen atoms in total. The normalized spacial score (nSPS) is 22.9. The van der Waals surface area contributed by atoms with Crippen molar-refractivity contribution in [2.45, 2.75) is 25.4 Å². The Labute approximate surface area is 94.5 Å². The second-order valence-corrected chi connectivity index (χ2v) is 5.15. The first-order chi connectivity index (χ1) is 7.25. The van der Waals surface area contributed by atoms with E-state index in [-0.39, 0.29) is 5.82 Å². The summed E-state index contributed by atoms with van der Waals surface area (Å²) in [7, 11) is 0. The second kappa shape index (κ2) is 4.99. The number of hydrogen-bond acceptors (Lipinski definition) is 2. The van der Waals surface area contributed by atoms with Crippen LogP contribution in [0.1, 0.15) is 24.9 Å². The molecule has 1 aromatic rings. The van der Waals surface area contributed by atoms with Gasteiger partial charge in [0.25, 0.3) is 0 Å². The van der Waals surface area contributed by atoms with Crippen molar-refractivity contribution in [2.75, 3.05) is 11.5 Å². The van der Waals surface area contributed by atoms with Gasteiger partial charge in [0.15, 0.2) is 0 Å². The summed E-state index contributed by atoms with van der Waals surface area (Å²) >= 11 is 2.00. The summed E-state index contributed by atoms with van der Waals surface area (Å²) in [5.74, 6) is 2.29. The topological polar surface area (TPSA) is 12.0 Å². The third-order valence-corrected chi connectivity index (χ3v) is 3.95. The minimum atomic E-state index is -0.164.